The van der Waals surface area contributed by atoms with Crippen molar-refractivity contribution in [3.63, 3.8) is 0 Å². The van der Waals surface area contributed by atoms with Crippen LogP contribution in [0.5, 0.6) is 0 Å². The summed E-state index contributed by atoms with van der Waals surface area (Å²) >= 11 is 1.68. The van der Waals surface area contributed by atoms with Gasteiger partial charge in [0.2, 0.25) is 0 Å². The number of aromatic nitrogens is 1. The van der Waals surface area contributed by atoms with E-state index in [4.69, 9.17) is 5.73 Å². The van der Waals surface area contributed by atoms with Crippen LogP contribution in [0.1, 0.15) is 11.1 Å². The molecule has 0 amide bonds. The van der Waals surface area contributed by atoms with Gasteiger partial charge in [-0.15, -0.1) is 11.3 Å². The third-order valence-electron chi connectivity index (χ3n) is 2.29. The fraction of sp³-hybridized carbons (Fsp3) is 0.182. The number of hydrogen-bond acceptors (Lipinski definition) is 3. The van der Waals surface area contributed by atoms with E-state index >= 15 is 0 Å². The lowest BCUT2D eigenvalue weighted by Gasteiger charge is -2.05. The van der Waals surface area contributed by atoms with Gasteiger partial charge in [-0.25, -0.2) is 0 Å². The normalized spacial score (nSPS) is 10.4. The van der Waals surface area contributed by atoms with E-state index in [1.165, 1.54) is 10.4 Å². The molecule has 2 heterocycles. The van der Waals surface area contributed by atoms with Gasteiger partial charge in [0.05, 0.1) is 10.6 Å². The predicted molar refractivity (Wildman–Crippen MR) is 61.4 cm³/mol. The number of rotatable bonds is 1. The highest BCUT2D eigenvalue weighted by Gasteiger charge is 2.09. The summed E-state index contributed by atoms with van der Waals surface area (Å²) in [6.07, 6.45) is 1.81. The molecule has 2 rings (SSSR count). The highest BCUT2D eigenvalue weighted by molar-refractivity contribution is 7.13. The minimum atomic E-state index is 0.790. The third-order valence-corrected chi connectivity index (χ3v) is 3.31. The average molecular weight is 204 g/mol. The fourth-order valence-corrected chi connectivity index (χ4v) is 2.30. The molecule has 0 aromatic carbocycles. The van der Waals surface area contributed by atoms with E-state index in [-0.39, 0.29) is 0 Å². The maximum Gasteiger partial charge on any atom is 0.104 e. The van der Waals surface area contributed by atoms with E-state index < -0.39 is 0 Å². The van der Waals surface area contributed by atoms with Gasteiger partial charge in [0.1, 0.15) is 5.69 Å². The summed E-state index contributed by atoms with van der Waals surface area (Å²) in [5.74, 6) is 0. The SMILES string of the molecule is Cc1ccsc1-c1nccc(C)c1N. The molecule has 0 fully saturated rings. The Morgan fingerprint density at radius 1 is 1.21 bits per heavy atom. The Bertz CT molecular complexity index is 460. The molecule has 0 saturated heterocycles. The quantitative estimate of drug-likeness (QED) is 0.775. The van der Waals surface area contributed by atoms with Crippen molar-refractivity contribution in [2.75, 3.05) is 5.73 Å². The minimum Gasteiger partial charge on any atom is -0.397 e. The Balaban J connectivity index is 2.63. The number of nitrogen functional groups attached to an aromatic ring is 1. The Labute approximate surface area is 87.4 Å². The van der Waals surface area contributed by atoms with Crippen LogP contribution in [0, 0.1) is 13.8 Å². The van der Waals surface area contributed by atoms with Crippen LogP contribution in [0.15, 0.2) is 23.7 Å². The molecular weight excluding hydrogens is 192 g/mol. The molecule has 0 aliphatic heterocycles. The molecule has 0 aliphatic rings. The lowest BCUT2D eigenvalue weighted by molar-refractivity contribution is 1.29. The van der Waals surface area contributed by atoms with Crippen LogP contribution in [-0.4, -0.2) is 4.98 Å². The van der Waals surface area contributed by atoms with Gasteiger partial charge in [-0.2, -0.15) is 0 Å². The molecule has 0 unspecified atom stereocenters. The van der Waals surface area contributed by atoms with Gasteiger partial charge < -0.3 is 5.73 Å². The number of thiophene rings is 1. The van der Waals surface area contributed by atoms with Gasteiger partial charge in [-0.3, -0.25) is 4.98 Å². The van der Waals surface area contributed by atoms with Gasteiger partial charge in [0.15, 0.2) is 0 Å². The van der Waals surface area contributed by atoms with Crippen molar-refractivity contribution in [2.24, 2.45) is 0 Å². The first-order valence-corrected chi connectivity index (χ1v) is 5.33. The molecule has 2 N–H and O–H groups in total. The van der Waals surface area contributed by atoms with Crippen LogP contribution in [0.3, 0.4) is 0 Å². The lowest BCUT2D eigenvalue weighted by Crippen LogP contribution is -1.95. The Morgan fingerprint density at radius 3 is 2.64 bits per heavy atom. The molecule has 0 saturated carbocycles. The maximum atomic E-state index is 5.99. The van der Waals surface area contributed by atoms with Crippen LogP contribution in [0.25, 0.3) is 10.6 Å². The third kappa shape index (κ3) is 1.40. The summed E-state index contributed by atoms with van der Waals surface area (Å²) in [5.41, 5.74) is 10.0. The highest BCUT2D eigenvalue weighted by atomic mass is 32.1. The zero-order valence-corrected chi connectivity index (χ0v) is 9.06. The summed E-state index contributed by atoms with van der Waals surface area (Å²) in [6.45, 7) is 4.08. The van der Waals surface area contributed by atoms with E-state index in [2.05, 4.69) is 23.4 Å². The van der Waals surface area contributed by atoms with Gasteiger partial charge in [0, 0.05) is 6.20 Å². The first-order chi connectivity index (χ1) is 6.70. The fourth-order valence-electron chi connectivity index (χ4n) is 1.37. The zero-order valence-electron chi connectivity index (χ0n) is 8.24. The predicted octanol–water partition coefficient (Wildman–Crippen LogP) is 3.01. The number of aryl methyl sites for hydroxylation is 2. The van der Waals surface area contributed by atoms with E-state index in [1.807, 2.05) is 13.0 Å². The van der Waals surface area contributed by atoms with Crippen LogP contribution in [0.2, 0.25) is 0 Å². The number of nitrogens with two attached hydrogens (primary N) is 1. The smallest absolute Gasteiger partial charge is 0.104 e. The van der Waals surface area contributed by atoms with Crippen LogP contribution >= 0.6 is 11.3 Å². The number of anilines is 1. The van der Waals surface area contributed by atoms with Crippen molar-refractivity contribution in [3.8, 4) is 10.6 Å². The first kappa shape index (κ1) is 9.21. The molecule has 0 radical (unpaired) electrons. The number of hydrogen-bond donors (Lipinski definition) is 1. The van der Waals surface area contributed by atoms with Crippen molar-refractivity contribution in [1.82, 2.24) is 4.98 Å². The Morgan fingerprint density at radius 2 is 2.00 bits per heavy atom. The Kier molecular flexibility index (Phi) is 2.25. The summed E-state index contributed by atoms with van der Waals surface area (Å²) in [6, 6.07) is 4.02. The second-order valence-electron chi connectivity index (χ2n) is 3.32. The van der Waals surface area contributed by atoms with Crippen molar-refractivity contribution >= 4 is 17.0 Å². The van der Waals surface area contributed by atoms with Crippen LogP contribution < -0.4 is 5.73 Å². The molecule has 3 heteroatoms. The van der Waals surface area contributed by atoms with Crippen molar-refractivity contribution in [1.29, 1.82) is 0 Å². The topological polar surface area (TPSA) is 38.9 Å². The van der Waals surface area contributed by atoms with Gasteiger partial charge in [-0.1, -0.05) is 0 Å². The maximum absolute atomic E-state index is 5.99. The van der Waals surface area contributed by atoms with Crippen LogP contribution in [0.4, 0.5) is 5.69 Å². The largest absolute Gasteiger partial charge is 0.397 e. The highest BCUT2D eigenvalue weighted by Crippen LogP contribution is 2.32. The number of nitrogens with zero attached hydrogens (tertiary/aromatic N) is 1. The average Bonchev–Trinajstić information content (AvgIpc) is 2.57. The van der Waals surface area contributed by atoms with Gasteiger partial charge in [0.25, 0.3) is 0 Å². The summed E-state index contributed by atoms with van der Waals surface area (Å²) in [5, 5.41) is 2.06. The molecule has 0 bridgehead atoms. The first-order valence-electron chi connectivity index (χ1n) is 4.45. The van der Waals surface area contributed by atoms with Crippen molar-refractivity contribution < 1.29 is 0 Å². The molecule has 0 aliphatic carbocycles. The molecule has 2 aromatic rings. The lowest BCUT2D eigenvalue weighted by atomic mass is 10.1. The van der Waals surface area contributed by atoms with Crippen LogP contribution in [-0.2, 0) is 0 Å². The second-order valence-corrected chi connectivity index (χ2v) is 4.24. The van der Waals surface area contributed by atoms with E-state index in [0.717, 1.165) is 16.9 Å². The van der Waals surface area contributed by atoms with Gasteiger partial charge >= 0.3 is 0 Å². The monoisotopic (exact) mass is 204 g/mol. The van der Waals surface area contributed by atoms with Crippen molar-refractivity contribution in [3.05, 3.63) is 34.8 Å². The van der Waals surface area contributed by atoms with Crippen molar-refractivity contribution in [2.45, 2.75) is 13.8 Å². The van der Waals surface area contributed by atoms with Gasteiger partial charge in [-0.05, 0) is 42.5 Å². The van der Waals surface area contributed by atoms with E-state index in [9.17, 15) is 0 Å². The molecule has 2 nitrogen and oxygen atoms in total. The standard InChI is InChI=1S/C11H12N2S/c1-7-3-5-13-10(9(7)12)11-8(2)4-6-14-11/h3-6H,12H2,1-2H3. The molecule has 0 spiro atoms. The molecule has 14 heavy (non-hydrogen) atoms. The van der Waals surface area contributed by atoms with E-state index in [0.29, 0.717) is 0 Å². The summed E-state index contributed by atoms with van der Waals surface area (Å²) in [7, 11) is 0. The molecular formula is C11H12N2S. The molecule has 0 atom stereocenters. The second kappa shape index (κ2) is 3.42. The van der Waals surface area contributed by atoms with E-state index in [1.54, 1.807) is 17.5 Å². The minimum absolute atomic E-state index is 0.790. The Hall–Kier alpha value is -1.35. The zero-order chi connectivity index (χ0) is 10.1. The summed E-state index contributed by atoms with van der Waals surface area (Å²) in [4.78, 5) is 5.50. The molecule has 2 aromatic heterocycles. The molecule has 72 valence electrons. The number of pyridine rings is 1. The summed E-state index contributed by atoms with van der Waals surface area (Å²) < 4.78 is 0.